The third kappa shape index (κ3) is 3.47. The first-order chi connectivity index (χ1) is 10.6. The van der Waals surface area contributed by atoms with E-state index in [-0.39, 0.29) is 11.6 Å². The summed E-state index contributed by atoms with van der Waals surface area (Å²) >= 11 is 0. The first-order valence-corrected chi connectivity index (χ1v) is 7.97. The van der Waals surface area contributed by atoms with E-state index in [9.17, 15) is 4.79 Å². The van der Waals surface area contributed by atoms with Crippen LogP contribution in [0.15, 0.2) is 33.5 Å². The maximum Gasteiger partial charge on any atom is 0.267 e. The van der Waals surface area contributed by atoms with Gasteiger partial charge < -0.3 is 9.73 Å². The molecule has 1 saturated carbocycles. The highest BCUT2D eigenvalue weighted by molar-refractivity contribution is 5.05. The van der Waals surface area contributed by atoms with Gasteiger partial charge in [-0.15, -0.1) is 0 Å². The molecule has 0 radical (unpaired) electrons. The maximum atomic E-state index is 11.9. The lowest BCUT2D eigenvalue weighted by molar-refractivity contribution is 0.264. The Bertz CT molecular complexity index is 681. The van der Waals surface area contributed by atoms with Crippen molar-refractivity contribution in [2.75, 3.05) is 0 Å². The number of aryl methyl sites for hydroxylation is 2. The summed E-state index contributed by atoms with van der Waals surface area (Å²) in [7, 11) is 0. The molecule has 2 heterocycles. The first-order valence-electron chi connectivity index (χ1n) is 7.97. The van der Waals surface area contributed by atoms with E-state index in [1.165, 1.54) is 0 Å². The van der Waals surface area contributed by atoms with E-state index in [4.69, 9.17) is 4.42 Å². The van der Waals surface area contributed by atoms with Gasteiger partial charge in [-0.1, -0.05) is 0 Å². The molecule has 0 aliphatic heterocycles. The second kappa shape index (κ2) is 6.48. The predicted octanol–water partition coefficient (Wildman–Crippen LogP) is 2.73. The average Bonchev–Trinajstić information content (AvgIpc) is 2.94. The van der Waals surface area contributed by atoms with Crippen LogP contribution in [0.25, 0.3) is 0 Å². The second-order valence-electron chi connectivity index (χ2n) is 6.16. The van der Waals surface area contributed by atoms with E-state index in [1.54, 1.807) is 16.8 Å². The van der Waals surface area contributed by atoms with Crippen molar-refractivity contribution in [1.82, 2.24) is 15.1 Å². The van der Waals surface area contributed by atoms with Crippen LogP contribution in [0.3, 0.4) is 0 Å². The van der Waals surface area contributed by atoms with Gasteiger partial charge in [-0.05, 0) is 57.7 Å². The zero-order chi connectivity index (χ0) is 15.5. The molecule has 0 atom stereocenters. The minimum absolute atomic E-state index is 0.00747. The summed E-state index contributed by atoms with van der Waals surface area (Å²) < 4.78 is 7.24. The van der Waals surface area contributed by atoms with Crippen molar-refractivity contribution in [3.8, 4) is 0 Å². The Morgan fingerprint density at radius 1 is 1.18 bits per heavy atom. The molecule has 22 heavy (non-hydrogen) atoms. The van der Waals surface area contributed by atoms with Crippen molar-refractivity contribution in [1.29, 1.82) is 0 Å². The normalized spacial score (nSPS) is 21.9. The molecule has 0 saturated heterocycles. The van der Waals surface area contributed by atoms with Gasteiger partial charge in [-0.3, -0.25) is 4.79 Å². The van der Waals surface area contributed by atoms with Gasteiger partial charge in [0, 0.05) is 12.1 Å². The van der Waals surface area contributed by atoms with Crippen LogP contribution in [0, 0.1) is 13.8 Å². The van der Waals surface area contributed by atoms with Gasteiger partial charge in [0.2, 0.25) is 0 Å². The maximum absolute atomic E-state index is 11.9. The Hall–Kier alpha value is -1.88. The molecule has 2 aromatic heterocycles. The van der Waals surface area contributed by atoms with Crippen molar-refractivity contribution in [2.24, 2.45) is 0 Å². The van der Waals surface area contributed by atoms with Crippen molar-refractivity contribution in [3.63, 3.8) is 0 Å². The highest BCUT2D eigenvalue weighted by Crippen LogP contribution is 2.27. The fraction of sp³-hybridized carbons (Fsp3) is 0.529. The fourth-order valence-corrected chi connectivity index (χ4v) is 3.13. The van der Waals surface area contributed by atoms with E-state index < -0.39 is 0 Å². The van der Waals surface area contributed by atoms with Gasteiger partial charge >= 0.3 is 0 Å². The third-order valence-electron chi connectivity index (χ3n) is 4.36. The lowest BCUT2D eigenvalue weighted by atomic mass is 9.91. The molecule has 1 aliphatic rings. The van der Waals surface area contributed by atoms with Crippen LogP contribution in [0.1, 0.15) is 48.9 Å². The van der Waals surface area contributed by atoms with E-state index in [2.05, 4.69) is 10.4 Å². The standard InChI is InChI=1S/C17H23N3O2/c1-12-3-10-17(21)20(19-12)15-7-5-14(6-8-15)18-11-16-9-4-13(2)22-16/h3-4,9-10,14-15,18H,5-8,11H2,1-2H3. The van der Waals surface area contributed by atoms with Gasteiger partial charge in [-0.2, -0.15) is 5.10 Å². The molecule has 0 spiro atoms. The van der Waals surface area contributed by atoms with Gasteiger partial charge in [0.15, 0.2) is 0 Å². The zero-order valence-corrected chi connectivity index (χ0v) is 13.2. The molecule has 2 aromatic rings. The van der Waals surface area contributed by atoms with Crippen LogP contribution < -0.4 is 10.9 Å². The minimum atomic E-state index is 0.00747. The van der Waals surface area contributed by atoms with Gasteiger partial charge in [-0.25, -0.2) is 4.68 Å². The van der Waals surface area contributed by atoms with Crippen molar-refractivity contribution < 1.29 is 4.42 Å². The van der Waals surface area contributed by atoms with Crippen LogP contribution in [-0.2, 0) is 6.54 Å². The van der Waals surface area contributed by atoms with E-state index in [0.717, 1.165) is 49.4 Å². The molecular formula is C17H23N3O2. The van der Waals surface area contributed by atoms with Crippen LogP contribution in [0.5, 0.6) is 0 Å². The first kappa shape index (κ1) is 15.0. The van der Waals surface area contributed by atoms with Crippen LogP contribution in [-0.4, -0.2) is 15.8 Å². The van der Waals surface area contributed by atoms with Crippen LogP contribution in [0.4, 0.5) is 0 Å². The second-order valence-corrected chi connectivity index (χ2v) is 6.16. The minimum Gasteiger partial charge on any atom is -0.465 e. The van der Waals surface area contributed by atoms with Crippen molar-refractivity contribution in [2.45, 2.75) is 58.2 Å². The van der Waals surface area contributed by atoms with Crippen molar-refractivity contribution in [3.05, 3.63) is 51.8 Å². The summed E-state index contributed by atoms with van der Waals surface area (Å²) in [5, 5.41) is 7.93. The molecule has 0 aromatic carbocycles. The number of hydrogen-bond donors (Lipinski definition) is 1. The number of nitrogens with one attached hydrogen (secondary N) is 1. The largest absolute Gasteiger partial charge is 0.465 e. The number of aromatic nitrogens is 2. The molecular weight excluding hydrogens is 278 g/mol. The lowest BCUT2D eigenvalue weighted by Crippen LogP contribution is -2.36. The summed E-state index contributed by atoms with van der Waals surface area (Å²) in [6.45, 7) is 4.65. The molecule has 3 rings (SSSR count). The summed E-state index contributed by atoms with van der Waals surface area (Å²) in [4.78, 5) is 11.9. The van der Waals surface area contributed by atoms with Crippen molar-refractivity contribution >= 4 is 0 Å². The zero-order valence-electron chi connectivity index (χ0n) is 13.2. The molecule has 5 heteroatoms. The van der Waals surface area contributed by atoms with E-state index in [1.807, 2.05) is 26.0 Å². The predicted molar refractivity (Wildman–Crippen MR) is 84.8 cm³/mol. The van der Waals surface area contributed by atoms with Gasteiger partial charge in [0.05, 0.1) is 18.3 Å². The molecule has 118 valence electrons. The molecule has 5 nitrogen and oxygen atoms in total. The summed E-state index contributed by atoms with van der Waals surface area (Å²) in [5.41, 5.74) is 0.904. The van der Waals surface area contributed by atoms with Crippen LogP contribution in [0.2, 0.25) is 0 Å². The molecule has 0 bridgehead atoms. The fourth-order valence-electron chi connectivity index (χ4n) is 3.13. The molecule has 0 amide bonds. The van der Waals surface area contributed by atoms with E-state index >= 15 is 0 Å². The Morgan fingerprint density at radius 2 is 1.95 bits per heavy atom. The molecule has 1 aliphatic carbocycles. The van der Waals surface area contributed by atoms with Gasteiger partial charge in [0.25, 0.3) is 5.56 Å². The SMILES string of the molecule is Cc1ccc(=O)n(C2CCC(NCc3ccc(C)o3)CC2)n1. The average molecular weight is 301 g/mol. The smallest absolute Gasteiger partial charge is 0.267 e. The Labute approximate surface area is 130 Å². The summed E-state index contributed by atoms with van der Waals surface area (Å²) in [6.07, 6.45) is 4.11. The number of furan rings is 1. The highest BCUT2D eigenvalue weighted by Gasteiger charge is 2.23. The molecule has 1 fully saturated rings. The Morgan fingerprint density at radius 3 is 2.64 bits per heavy atom. The topological polar surface area (TPSA) is 60.1 Å². The van der Waals surface area contributed by atoms with Gasteiger partial charge in [0.1, 0.15) is 11.5 Å². The monoisotopic (exact) mass is 301 g/mol. The summed E-state index contributed by atoms with van der Waals surface area (Å²) in [5.74, 6) is 1.93. The Balaban J connectivity index is 1.54. The third-order valence-corrected chi connectivity index (χ3v) is 4.36. The Kier molecular flexibility index (Phi) is 4.43. The quantitative estimate of drug-likeness (QED) is 0.943. The number of hydrogen-bond acceptors (Lipinski definition) is 4. The van der Waals surface area contributed by atoms with Crippen LogP contribution >= 0.6 is 0 Å². The van der Waals surface area contributed by atoms with E-state index in [0.29, 0.717) is 6.04 Å². The summed E-state index contributed by atoms with van der Waals surface area (Å²) in [6, 6.07) is 8.12. The molecule has 0 unspecified atom stereocenters. The number of nitrogens with zero attached hydrogens (tertiary/aromatic N) is 2. The highest BCUT2D eigenvalue weighted by atomic mass is 16.3. The molecule has 1 N–H and O–H groups in total. The number of rotatable bonds is 4. The lowest BCUT2D eigenvalue weighted by Gasteiger charge is -2.29.